The van der Waals surface area contributed by atoms with Gasteiger partial charge in [-0.1, -0.05) is 30.3 Å². The summed E-state index contributed by atoms with van der Waals surface area (Å²) in [5.41, 5.74) is 6.54. The maximum Gasteiger partial charge on any atom is 0.153 e. The van der Waals surface area contributed by atoms with Gasteiger partial charge in [-0.05, 0) is 77.4 Å². The van der Waals surface area contributed by atoms with Gasteiger partial charge in [-0.3, -0.25) is 9.59 Å². The molecule has 32 heavy (non-hydrogen) atoms. The van der Waals surface area contributed by atoms with Crippen LogP contribution in [0.25, 0.3) is 11.1 Å². The molecule has 1 heterocycles. The zero-order valence-corrected chi connectivity index (χ0v) is 18.4. The average Bonchev–Trinajstić information content (AvgIpc) is 3.50. The number of carbonyl (C=O) groups is 2. The predicted molar refractivity (Wildman–Crippen MR) is 124 cm³/mol. The first-order valence-electron chi connectivity index (χ1n) is 11.1. The molecule has 5 rings (SSSR count). The number of benzene rings is 3. The van der Waals surface area contributed by atoms with Crippen molar-refractivity contribution in [3.63, 3.8) is 0 Å². The van der Waals surface area contributed by atoms with Crippen LogP contribution in [-0.4, -0.2) is 25.8 Å². The highest BCUT2D eigenvalue weighted by Gasteiger charge is 2.50. The van der Waals surface area contributed by atoms with Gasteiger partial charge < -0.3 is 9.47 Å². The molecule has 0 atom stereocenters. The van der Waals surface area contributed by atoms with Gasteiger partial charge in [0, 0.05) is 12.8 Å². The van der Waals surface area contributed by atoms with Gasteiger partial charge >= 0.3 is 0 Å². The molecule has 1 saturated carbocycles. The molecule has 0 amide bonds. The fraction of sp³-hybridized carbons (Fsp3) is 0.286. The number of aryl methyl sites for hydroxylation is 1. The van der Waals surface area contributed by atoms with Crippen LogP contribution < -0.4 is 9.47 Å². The Hall–Kier alpha value is -3.40. The number of Topliss-reactive ketones (excluding diaryl/α,β-unsaturated/α-hetero) is 1. The largest absolute Gasteiger partial charge is 0.497 e. The zero-order valence-electron chi connectivity index (χ0n) is 18.4. The zero-order chi connectivity index (χ0) is 22.3. The van der Waals surface area contributed by atoms with Crippen molar-refractivity contribution in [1.29, 1.82) is 0 Å². The highest BCUT2D eigenvalue weighted by atomic mass is 16.5. The fourth-order valence-corrected chi connectivity index (χ4v) is 4.79. The first-order chi connectivity index (χ1) is 15.5. The summed E-state index contributed by atoms with van der Waals surface area (Å²) >= 11 is 0. The first kappa shape index (κ1) is 20.5. The van der Waals surface area contributed by atoms with Gasteiger partial charge in [0.1, 0.15) is 17.3 Å². The minimum absolute atomic E-state index is 0.258. The molecule has 1 aliphatic heterocycles. The van der Waals surface area contributed by atoms with E-state index < -0.39 is 0 Å². The van der Waals surface area contributed by atoms with E-state index in [2.05, 4.69) is 25.1 Å². The number of aldehydes is 1. The first-order valence-corrected chi connectivity index (χ1v) is 11.1. The van der Waals surface area contributed by atoms with E-state index in [4.69, 9.17) is 9.47 Å². The van der Waals surface area contributed by atoms with Crippen molar-refractivity contribution in [3.05, 3.63) is 82.4 Å². The average molecular weight is 427 g/mol. The van der Waals surface area contributed by atoms with Crippen LogP contribution in [0.15, 0.2) is 54.6 Å². The molecule has 4 heteroatoms. The Balaban J connectivity index is 1.43. The Morgan fingerprint density at radius 1 is 1.09 bits per heavy atom. The molecule has 4 nitrogen and oxygen atoms in total. The molecule has 1 aliphatic carbocycles. The number of carbonyl (C=O) groups excluding carboxylic acids is 2. The maximum absolute atomic E-state index is 13.3. The lowest BCUT2D eigenvalue weighted by Crippen LogP contribution is -2.22. The molecule has 0 N–H and O–H groups in total. The van der Waals surface area contributed by atoms with Crippen LogP contribution in [0.1, 0.15) is 45.5 Å². The molecule has 0 spiro atoms. The number of rotatable bonds is 7. The summed E-state index contributed by atoms with van der Waals surface area (Å²) in [6, 6.07) is 18.1. The van der Waals surface area contributed by atoms with Gasteiger partial charge in [0.25, 0.3) is 0 Å². The summed E-state index contributed by atoms with van der Waals surface area (Å²) in [6.45, 7) is 2.67. The molecule has 3 aromatic carbocycles. The summed E-state index contributed by atoms with van der Waals surface area (Å²) in [7, 11) is 1.65. The molecule has 0 saturated heterocycles. The van der Waals surface area contributed by atoms with Crippen molar-refractivity contribution in [2.75, 3.05) is 13.7 Å². The van der Waals surface area contributed by atoms with E-state index in [1.807, 2.05) is 36.4 Å². The van der Waals surface area contributed by atoms with Gasteiger partial charge in [-0.25, -0.2) is 0 Å². The highest BCUT2D eigenvalue weighted by molar-refractivity contribution is 5.95. The molecule has 0 aromatic heterocycles. The standard InChI is InChI=1S/C28H26O4/c1-18-3-4-19(13-25(18)21-15-20-9-12-32-27(20)22(16-21)17-29)14-26(30)28(10-11-28)23-5-7-24(31-2)8-6-23/h3-8,13,15-17H,9-12,14H2,1-2H3. The molecule has 3 aromatic rings. The topological polar surface area (TPSA) is 52.6 Å². The summed E-state index contributed by atoms with van der Waals surface area (Å²) in [4.78, 5) is 25.0. The Morgan fingerprint density at radius 2 is 1.88 bits per heavy atom. The Kier molecular flexibility index (Phi) is 5.09. The second kappa shape index (κ2) is 7.94. The number of ketones is 1. The number of hydrogen-bond donors (Lipinski definition) is 0. The van der Waals surface area contributed by atoms with Crippen LogP contribution in [0.4, 0.5) is 0 Å². The van der Waals surface area contributed by atoms with E-state index in [1.165, 1.54) is 0 Å². The third-order valence-corrected chi connectivity index (χ3v) is 6.84. The minimum atomic E-state index is -0.368. The van der Waals surface area contributed by atoms with Crippen LogP contribution in [0.3, 0.4) is 0 Å². The molecular formula is C28H26O4. The number of hydrogen-bond acceptors (Lipinski definition) is 4. The van der Waals surface area contributed by atoms with Crippen molar-refractivity contribution in [3.8, 4) is 22.6 Å². The van der Waals surface area contributed by atoms with Crippen LogP contribution in [0.5, 0.6) is 11.5 Å². The highest BCUT2D eigenvalue weighted by Crippen LogP contribution is 2.50. The van der Waals surface area contributed by atoms with Gasteiger partial charge in [0.05, 0.1) is 24.7 Å². The van der Waals surface area contributed by atoms with E-state index in [0.29, 0.717) is 24.3 Å². The quantitative estimate of drug-likeness (QED) is 0.484. The van der Waals surface area contributed by atoms with Crippen LogP contribution in [0.2, 0.25) is 0 Å². The predicted octanol–water partition coefficient (Wildman–Crippen LogP) is 5.26. The normalized spacial score (nSPS) is 15.6. The van der Waals surface area contributed by atoms with E-state index in [-0.39, 0.29) is 11.2 Å². The van der Waals surface area contributed by atoms with Crippen LogP contribution in [0, 0.1) is 6.92 Å². The number of ether oxygens (including phenoxy) is 2. The third kappa shape index (κ3) is 3.50. The summed E-state index contributed by atoms with van der Waals surface area (Å²) in [5, 5.41) is 0. The van der Waals surface area contributed by atoms with Crippen molar-refractivity contribution >= 4 is 12.1 Å². The summed E-state index contributed by atoms with van der Waals surface area (Å²) < 4.78 is 10.9. The van der Waals surface area contributed by atoms with Gasteiger partial charge in [0.2, 0.25) is 0 Å². The molecule has 162 valence electrons. The Bertz CT molecular complexity index is 1200. The minimum Gasteiger partial charge on any atom is -0.497 e. The second-order valence-electron chi connectivity index (χ2n) is 8.83. The van der Waals surface area contributed by atoms with Crippen LogP contribution in [-0.2, 0) is 23.1 Å². The van der Waals surface area contributed by atoms with Crippen molar-refractivity contribution in [2.24, 2.45) is 0 Å². The van der Waals surface area contributed by atoms with E-state index >= 15 is 0 Å². The van der Waals surface area contributed by atoms with Gasteiger partial charge in [0.15, 0.2) is 6.29 Å². The van der Waals surface area contributed by atoms with Crippen LogP contribution >= 0.6 is 0 Å². The Labute approximate surface area is 188 Å². The lowest BCUT2D eigenvalue weighted by molar-refractivity contribution is -0.120. The summed E-state index contributed by atoms with van der Waals surface area (Å²) in [6.07, 6.45) is 3.86. The SMILES string of the molecule is COc1ccc(C2(C(=O)Cc3ccc(C)c(-c4cc(C=O)c5c(c4)CCO5)c3)CC2)cc1. The van der Waals surface area contributed by atoms with Crippen molar-refractivity contribution in [1.82, 2.24) is 0 Å². The van der Waals surface area contributed by atoms with Crippen molar-refractivity contribution in [2.45, 2.75) is 38.0 Å². The summed E-state index contributed by atoms with van der Waals surface area (Å²) in [5.74, 6) is 1.77. The van der Waals surface area contributed by atoms with Crippen molar-refractivity contribution < 1.29 is 19.1 Å². The van der Waals surface area contributed by atoms with E-state index in [0.717, 1.165) is 64.7 Å². The molecular weight excluding hydrogens is 400 g/mol. The molecule has 1 fully saturated rings. The second-order valence-corrected chi connectivity index (χ2v) is 8.83. The van der Waals surface area contributed by atoms with Gasteiger partial charge in [-0.2, -0.15) is 0 Å². The fourth-order valence-electron chi connectivity index (χ4n) is 4.79. The lowest BCUT2D eigenvalue weighted by Gasteiger charge is -2.16. The number of methoxy groups -OCH3 is 1. The van der Waals surface area contributed by atoms with E-state index in [9.17, 15) is 9.59 Å². The Morgan fingerprint density at radius 3 is 2.56 bits per heavy atom. The molecule has 0 unspecified atom stereocenters. The van der Waals surface area contributed by atoms with E-state index in [1.54, 1.807) is 7.11 Å². The number of fused-ring (bicyclic) bond motifs is 1. The molecule has 2 aliphatic rings. The molecule has 0 bridgehead atoms. The van der Waals surface area contributed by atoms with Gasteiger partial charge in [-0.15, -0.1) is 0 Å². The maximum atomic E-state index is 13.3. The monoisotopic (exact) mass is 426 g/mol. The third-order valence-electron chi connectivity index (χ3n) is 6.84. The smallest absolute Gasteiger partial charge is 0.153 e. The molecule has 0 radical (unpaired) electrons. The lowest BCUT2D eigenvalue weighted by atomic mass is 9.86.